The minimum atomic E-state index is -0.105. The Hall–Kier alpha value is -1.27. The van der Waals surface area contributed by atoms with E-state index in [-0.39, 0.29) is 5.91 Å². The van der Waals surface area contributed by atoms with Crippen LogP contribution in [0.15, 0.2) is 43.9 Å². The summed E-state index contributed by atoms with van der Waals surface area (Å²) in [6, 6.07) is 8.77. The van der Waals surface area contributed by atoms with E-state index in [1.807, 2.05) is 6.07 Å². The van der Waals surface area contributed by atoms with E-state index in [0.717, 1.165) is 4.47 Å². The molecule has 2 N–H and O–H groups in total. The van der Waals surface area contributed by atoms with E-state index >= 15 is 0 Å². The number of hydrogen-bond donors (Lipinski definition) is 1. The normalized spacial score (nSPS) is 10.5. The fourth-order valence-corrected chi connectivity index (χ4v) is 2.23. The number of carbonyl (C=O) groups is 1. The van der Waals surface area contributed by atoms with Gasteiger partial charge >= 0.3 is 0 Å². The second kappa shape index (κ2) is 5.79. The summed E-state index contributed by atoms with van der Waals surface area (Å²) in [4.78, 5) is 13.8. The first-order chi connectivity index (χ1) is 8.97. The highest BCUT2D eigenvalue weighted by Gasteiger charge is 2.14. The fraction of sp³-hybridized carbons (Fsp3) is 0.154. The number of halogens is 2. The molecule has 2 rings (SSSR count). The third-order valence-electron chi connectivity index (χ3n) is 2.61. The zero-order chi connectivity index (χ0) is 14.0. The van der Waals surface area contributed by atoms with Crippen LogP contribution in [-0.4, -0.2) is 17.9 Å². The van der Waals surface area contributed by atoms with Crippen molar-refractivity contribution in [1.29, 1.82) is 0 Å². The lowest BCUT2D eigenvalue weighted by molar-refractivity contribution is 0.0775. The van der Waals surface area contributed by atoms with Crippen LogP contribution in [-0.2, 0) is 6.54 Å². The molecule has 1 amide bonds. The van der Waals surface area contributed by atoms with E-state index in [1.54, 1.807) is 36.2 Å². The molecule has 0 radical (unpaired) electrons. The highest BCUT2D eigenvalue weighted by Crippen LogP contribution is 2.21. The molecule has 0 atom stereocenters. The van der Waals surface area contributed by atoms with E-state index in [1.165, 1.54) is 0 Å². The Balaban J connectivity index is 2.12. The van der Waals surface area contributed by atoms with Crippen molar-refractivity contribution in [3.05, 3.63) is 50.8 Å². The number of nitrogens with two attached hydrogens (primary N) is 1. The summed E-state index contributed by atoms with van der Waals surface area (Å²) in [5.74, 6) is 0.611. The van der Waals surface area contributed by atoms with Crippen LogP contribution in [0.2, 0.25) is 0 Å². The summed E-state index contributed by atoms with van der Waals surface area (Å²) < 4.78 is 6.80. The second-order valence-electron chi connectivity index (χ2n) is 4.10. The van der Waals surface area contributed by atoms with Gasteiger partial charge < -0.3 is 15.1 Å². The number of furan rings is 1. The van der Waals surface area contributed by atoms with E-state index in [2.05, 4.69) is 31.9 Å². The third-order valence-corrected chi connectivity index (χ3v) is 3.76. The van der Waals surface area contributed by atoms with Crippen LogP contribution in [0.3, 0.4) is 0 Å². The van der Waals surface area contributed by atoms with Crippen molar-refractivity contribution >= 4 is 43.5 Å². The maximum atomic E-state index is 12.2. The molecule has 2 aromatic rings. The number of nitrogens with zero attached hydrogens (tertiary/aromatic N) is 1. The molecule has 0 fully saturated rings. The molecule has 0 saturated carbocycles. The maximum Gasteiger partial charge on any atom is 0.254 e. The van der Waals surface area contributed by atoms with Gasteiger partial charge in [0, 0.05) is 22.8 Å². The van der Waals surface area contributed by atoms with Gasteiger partial charge in [0.25, 0.3) is 5.91 Å². The monoisotopic (exact) mass is 386 g/mol. The van der Waals surface area contributed by atoms with E-state index in [0.29, 0.717) is 28.2 Å². The van der Waals surface area contributed by atoms with Crippen molar-refractivity contribution in [2.45, 2.75) is 6.54 Å². The molecule has 6 heteroatoms. The lowest BCUT2D eigenvalue weighted by Gasteiger charge is -2.16. The van der Waals surface area contributed by atoms with Gasteiger partial charge in [0.2, 0.25) is 0 Å². The second-order valence-corrected chi connectivity index (χ2v) is 5.74. The van der Waals surface area contributed by atoms with Crippen molar-refractivity contribution < 1.29 is 9.21 Å². The van der Waals surface area contributed by atoms with Crippen molar-refractivity contribution in [2.24, 2.45) is 0 Å². The Bertz CT molecular complexity index is 610. The number of hydrogen-bond acceptors (Lipinski definition) is 3. The lowest BCUT2D eigenvalue weighted by atomic mass is 10.2. The third kappa shape index (κ3) is 3.39. The molecular formula is C13H12Br2N2O2. The topological polar surface area (TPSA) is 59.5 Å². The smallest absolute Gasteiger partial charge is 0.254 e. The molecule has 0 aliphatic rings. The van der Waals surface area contributed by atoms with Gasteiger partial charge in [-0.2, -0.15) is 0 Å². The summed E-state index contributed by atoms with van der Waals surface area (Å²) >= 11 is 6.53. The van der Waals surface area contributed by atoms with Crippen LogP contribution in [0, 0.1) is 0 Å². The highest BCUT2D eigenvalue weighted by atomic mass is 79.9. The molecule has 4 nitrogen and oxygen atoms in total. The zero-order valence-corrected chi connectivity index (χ0v) is 13.4. The van der Waals surface area contributed by atoms with Crippen LogP contribution < -0.4 is 5.73 Å². The number of anilines is 1. The quantitative estimate of drug-likeness (QED) is 0.817. The largest absolute Gasteiger partial charge is 0.452 e. The molecular weight excluding hydrogens is 376 g/mol. The number of benzene rings is 1. The molecule has 0 bridgehead atoms. The van der Waals surface area contributed by atoms with Gasteiger partial charge in [-0.3, -0.25) is 4.79 Å². The van der Waals surface area contributed by atoms with Crippen molar-refractivity contribution in [3.63, 3.8) is 0 Å². The van der Waals surface area contributed by atoms with Crippen LogP contribution in [0.1, 0.15) is 16.1 Å². The van der Waals surface area contributed by atoms with Crippen LogP contribution >= 0.6 is 31.9 Å². The molecule has 1 aromatic heterocycles. The Morgan fingerprint density at radius 2 is 2.05 bits per heavy atom. The Kier molecular flexibility index (Phi) is 4.31. The maximum absolute atomic E-state index is 12.2. The SMILES string of the molecule is CN(Cc1ccc(Br)o1)C(=O)c1ccc(Br)c(N)c1. The average molecular weight is 388 g/mol. The Morgan fingerprint density at radius 3 is 2.63 bits per heavy atom. The molecule has 1 aromatic carbocycles. The summed E-state index contributed by atoms with van der Waals surface area (Å²) in [5, 5.41) is 0. The molecule has 0 spiro atoms. The van der Waals surface area contributed by atoms with E-state index in [4.69, 9.17) is 10.2 Å². The molecule has 1 heterocycles. The Morgan fingerprint density at radius 1 is 1.32 bits per heavy atom. The predicted molar refractivity (Wildman–Crippen MR) is 80.8 cm³/mol. The molecule has 100 valence electrons. The van der Waals surface area contributed by atoms with Crippen molar-refractivity contribution in [3.8, 4) is 0 Å². The predicted octanol–water partition coefficient (Wildman–Crippen LogP) is 3.66. The molecule has 0 saturated heterocycles. The van der Waals surface area contributed by atoms with Crippen molar-refractivity contribution in [1.82, 2.24) is 4.90 Å². The lowest BCUT2D eigenvalue weighted by Crippen LogP contribution is -2.26. The Labute approximate surface area is 127 Å². The van der Waals surface area contributed by atoms with Gasteiger partial charge in [-0.1, -0.05) is 0 Å². The summed E-state index contributed by atoms with van der Waals surface area (Å²) in [6.07, 6.45) is 0. The van der Waals surface area contributed by atoms with Crippen molar-refractivity contribution in [2.75, 3.05) is 12.8 Å². The standard InChI is InChI=1S/C13H12Br2N2O2/c1-17(7-9-3-5-12(15)19-9)13(18)8-2-4-10(14)11(16)6-8/h2-6H,7,16H2,1H3. The molecule has 19 heavy (non-hydrogen) atoms. The van der Waals surface area contributed by atoms with Gasteiger partial charge in [0.15, 0.2) is 4.67 Å². The van der Waals surface area contributed by atoms with Crippen LogP contribution in [0.5, 0.6) is 0 Å². The molecule has 0 aliphatic carbocycles. The van der Waals surface area contributed by atoms with E-state index in [9.17, 15) is 4.79 Å². The van der Waals surface area contributed by atoms with Gasteiger partial charge in [0.05, 0.1) is 6.54 Å². The number of carbonyl (C=O) groups excluding carboxylic acids is 1. The minimum absolute atomic E-state index is 0.105. The van der Waals surface area contributed by atoms with Crippen LogP contribution in [0.4, 0.5) is 5.69 Å². The molecule has 0 unspecified atom stereocenters. The van der Waals surface area contributed by atoms with Gasteiger partial charge in [-0.05, 0) is 62.2 Å². The first-order valence-corrected chi connectivity index (χ1v) is 7.10. The van der Waals surface area contributed by atoms with Crippen LogP contribution in [0.25, 0.3) is 0 Å². The van der Waals surface area contributed by atoms with Gasteiger partial charge in [0.1, 0.15) is 5.76 Å². The van der Waals surface area contributed by atoms with E-state index < -0.39 is 0 Å². The molecule has 0 aliphatic heterocycles. The first kappa shape index (κ1) is 14.1. The summed E-state index contributed by atoms with van der Waals surface area (Å²) in [6.45, 7) is 0.403. The minimum Gasteiger partial charge on any atom is -0.452 e. The highest BCUT2D eigenvalue weighted by molar-refractivity contribution is 9.10. The fourth-order valence-electron chi connectivity index (χ4n) is 1.64. The van der Waals surface area contributed by atoms with Gasteiger partial charge in [-0.25, -0.2) is 0 Å². The number of rotatable bonds is 3. The first-order valence-electron chi connectivity index (χ1n) is 5.52. The number of amides is 1. The average Bonchev–Trinajstić information content (AvgIpc) is 2.77. The zero-order valence-electron chi connectivity index (χ0n) is 10.2. The summed E-state index contributed by atoms with van der Waals surface area (Å²) in [5.41, 5.74) is 6.86. The van der Waals surface area contributed by atoms with Gasteiger partial charge in [-0.15, -0.1) is 0 Å². The number of nitrogen functional groups attached to an aromatic ring is 1. The summed E-state index contributed by atoms with van der Waals surface area (Å²) in [7, 11) is 1.72.